The molecule has 5 heteroatoms. The fourth-order valence-corrected chi connectivity index (χ4v) is 2.58. The molecule has 1 N–H and O–H groups in total. The number of aryl methyl sites for hydroxylation is 1. The van der Waals surface area contributed by atoms with Crippen LogP contribution in [-0.2, 0) is 12.8 Å². The van der Waals surface area contributed by atoms with E-state index in [1.807, 2.05) is 0 Å². The second-order valence-electron chi connectivity index (χ2n) is 5.25. The predicted octanol–water partition coefficient (Wildman–Crippen LogP) is 3.71. The maximum Gasteiger partial charge on any atom is 0.258 e. The highest BCUT2D eigenvalue weighted by Gasteiger charge is 2.24. The molecular weight excluding hydrogens is 276 g/mol. The van der Waals surface area contributed by atoms with E-state index in [1.54, 1.807) is 24.3 Å². The quantitative estimate of drug-likeness (QED) is 0.917. The zero-order valence-corrected chi connectivity index (χ0v) is 11.9. The summed E-state index contributed by atoms with van der Waals surface area (Å²) in [5.41, 5.74) is 2.55. The normalized spacial score (nSPS) is 17.6. The zero-order chi connectivity index (χ0) is 14.1. The third-order valence-electron chi connectivity index (χ3n) is 3.63. The summed E-state index contributed by atoms with van der Waals surface area (Å²) in [6, 6.07) is 6.75. The summed E-state index contributed by atoms with van der Waals surface area (Å²) in [5, 5.41) is 7.44. The van der Waals surface area contributed by atoms with Crippen LogP contribution in [0.25, 0.3) is 0 Å². The second-order valence-corrected chi connectivity index (χ2v) is 5.68. The molecule has 0 saturated heterocycles. The van der Waals surface area contributed by atoms with Crippen LogP contribution in [0.15, 0.2) is 28.8 Å². The number of carbonyl (C=O) groups is 1. The first-order valence-corrected chi connectivity index (χ1v) is 7.05. The van der Waals surface area contributed by atoms with E-state index < -0.39 is 0 Å². The minimum absolute atomic E-state index is 0.209. The van der Waals surface area contributed by atoms with Crippen molar-refractivity contribution < 1.29 is 9.32 Å². The first-order valence-electron chi connectivity index (χ1n) is 6.68. The Morgan fingerprint density at radius 1 is 1.40 bits per heavy atom. The molecule has 4 nitrogen and oxygen atoms in total. The number of amides is 1. The van der Waals surface area contributed by atoms with Gasteiger partial charge in [-0.25, -0.2) is 0 Å². The van der Waals surface area contributed by atoms with Crippen molar-refractivity contribution >= 4 is 23.4 Å². The number of hydrogen-bond donors (Lipinski definition) is 1. The summed E-state index contributed by atoms with van der Waals surface area (Å²) in [4.78, 5) is 12.1. The van der Waals surface area contributed by atoms with Gasteiger partial charge in [-0.05, 0) is 49.4 Å². The number of aromatic nitrogens is 1. The first-order chi connectivity index (χ1) is 9.63. The van der Waals surface area contributed by atoms with Gasteiger partial charge in [0.05, 0.1) is 5.69 Å². The van der Waals surface area contributed by atoms with Gasteiger partial charge in [-0.2, -0.15) is 0 Å². The largest absolute Gasteiger partial charge is 0.338 e. The Bertz CT molecular complexity index is 634. The molecule has 1 aromatic heterocycles. The van der Waals surface area contributed by atoms with E-state index in [4.69, 9.17) is 16.1 Å². The standard InChI is InChI=1S/C15H15ClN2O2/c1-9-2-7-13-12(8-9)15(20-18-13)17-14(19)10-3-5-11(16)6-4-10/h3-6,9H,2,7-8H2,1H3,(H,17,19)/t9-/m0/s1. The van der Waals surface area contributed by atoms with E-state index in [9.17, 15) is 4.79 Å². The molecule has 0 radical (unpaired) electrons. The first kappa shape index (κ1) is 13.2. The van der Waals surface area contributed by atoms with Crippen molar-refractivity contribution in [1.29, 1.82) is 0 Å². The molecule has 1 amide bonds. The smallest absolute Gasteiger partial charge is 0.258 e. The van der Waals surface area contributed by atoms with Gasteiger partial charge in [-0.15, -0.1) is 0 Å². The number of halogens is 1. The Kier molecular flexibility index (Phi) is 3.49. The van der Waals surface area contributed by atoms with Gasteiger partial charge in [0.15, 0.2) is 0 Å². The Balaban J connectivity index is 1.80. The van der Waals surface area contributed by atoms with Crippen LogP contribution in [-0.4, -0.2) is 11.1 Å². The maximum absolute atomic E-state index is 12.1. The van der Waals surface area contributed by atoms with Gasteiger partial charge in [-0.1, -0.05) is 23.7 Å². The van der Waals surface area contributed by atoms with E-state index in [0.29, 0.717) is 22.4 Å². The predicted molar refractivity (Wildman–Crippen MR) is 77.1 cm³/mol. The molecule has 1 heterocycles. The Morgan fingerprint density at radius 3 is 2.90 bits per heavy atom. The number of benzene rings is 1. The van der Waals surface area contributed by atoms with Gasteiger partial charge in [0.1, 0.15) is 0 Å². The number of fused-ring (bicyclic) bond motifs is 1. The number of hydrogen-bond acceptors (Lipinski definition) is 3. The topological polar surface area (TPSA) is 55.1 Å². The van der Waals surface area contributed by atoms with Crippen molar-refractivity contribution in [3.63, 3.8) is 0 Å². The molecule has 0 unspecified atom stereocenters. The number of nitrogens with one attached hydrogen (secondary N) is 1. The summed E-state index contributed by atoms with van der Waals surface area (Å²) >= 11 is 5.81. The van der Waals surface area contributed by atoms with Crippen molar-refractivity contribution in [2.24, 2.45) is 5.92 Å². The summed E-state index contributed by atoms with van der Waals surface area (Å²) in [7, 11) is 0. The Labute approximate surface area is 122 Å². The van der Waals surface area contributed by atoms with Gasteiger partial charge in [-0.3, -0.25) is 10.1 Å². The lowest BCUT2D eigenvalue weighted by Gasteiger charge is -2.16. The lowest BCUT2D eigenvalue weighted by Crippen LogP contribution is -2.15. The molecular formula is C15H15ClN2O2. The lowest BCUT2D eigenvalue weighted by atomic mass is 9.89. The summed E-state index contributed by atoms with van der Waals surface area (Å²) in [6.45, 7) is 2.20. The summed E-state index contributed by atoms with van der Waals surface area (Å²) in [5.74, 6) is 0.860. The fraction of sp³-hybridized carbons (Fsp3) is 0.333. The van der Waals surface area contributed by atoms with Crippen LogP contribution >= 0.6 is 11.6 Å². The number of carbonyl (C=O) groups excluding carboxylic acids is 1. The van der Waals surface area contributed by atoms with E-state index in [1.165, 1.54) is 0 Å². The third-order valence-corrected chi connectivity index (χ3v) is 3.88. The molecule has 1 aliphatic carbocycles. The van der Waals surface area contributed by atoms with Crippen molar-refractivity contribution in [3.05, 3.63) is 46.1 Å². The summed E-state index contributed by atoms with van der Waals surface area (Å²) < 4.78 is 5.27. The molecule has 0 fully saturated rings. The van der Waals surface area contributed by atoms with E-state index in [0.717, 1.165) is 30.5 Å². The van der Waals surface area contributed by atoms with Crippen LogP contribution in [0.5, 0.6) is 0 Å². The third kappa shape index (κ3) is 2.56. The molecule has 2 aromatic rings. The summed E-state index contributed by atoms with van der Waals surface area (Å²) in [6.07, 6.45) is 2.93. The number of nitrogens with zero attached hydrogens (tertiary/aromatic N) is 1. The zero-order valence-electron chi connectivity index (χ0n) is 11.1. The molecule has 1 atom stereocenters. The van der Waals surface area contributed by atoms with Crippen LogP contribution in [0.4, 0.5) is 5.88 Å². The van der Waals surface area contributed by atoms with Crippen LogP contribution < -0.4 is 5.32 Å². The van der Waals surface area contributed by atoms with Crippen LogP contribution in [0.2, 0.25) is 5.02 Å². The van der Waals surface area contributed by atoms with E-state index >= 15 is 0 Å². The minimum atomic E-state index is -0.209. The van der Waals surface area contributed by atoms with Crippen molar-refractivity contribution in [2.75, 3.05) is 5.32 Å². The van der Waals surface area contributed by atoms with Crippen LogP contribution in [0, 0.1) is 5.92 Å². The molecule has 0 aliphatic heterocycles. The van der Waals surface area contributed by atoms with Crippen molar-refractivity contribution in [3.8, 4) is 0 Å². The highest BCUT2D eigenvalue weighted by molar-refractivity contribution is 6.30. The van der Waals surface area contributed by atoms with Gasteiger partial charge in [0, 0.05) is 16.1 Å². The monoisotopic (exact) mass is 290 g/mol. The second kappa shape index (κ2) is 5.29. The van der Waals surface area contributed by atoms with Crippen LogP contribution in [0.1, 0.15) is 35.0 Å². The fourth-order valence-electron chi connectivity index (χ4n) is 2.46. The van der Waals surface area contributed by atoms with Gasteiger partial charge >= 0.3 is 0 Å². The Morgan fingerprint density at radius 2 is 2.15 bits per heavy atom. The van der Waals surface area contributed by atoms with Gasteiger partial charge in [0.25, 0.3) is 5.91 Å². The average Bonchev–Trinajstić information content (AvgIpc) is 2.82. The average molecular weight is 291 g/mol. The highest BCUT2D eigenvalue weighted by atomic mass is 35.5. The molecule has 1 aromatic carbocycles. The molecule has 0 saturated carbocycles. The highest BCUT2D eigenvalue weighted by Crippen LogP contribution is 2.30. The van der Waals surface area contributed by atoms with Gasteiger partial charge < -0.3 is 4.52 Å². The van der Waals surface area contributed by atoms with Gasteiger partial charge in [0.2, 0.25) is 5.88 Å². The van der Waals surface area contributed by atoms with Crippen molar-refractivity contribution in [2.45, 2.75) is 26.2 Å². The molecule has 0 bridgehead atoms. The lowest BCUT2D eigenvalue weighted by molar-refractivity contribution is 0.102. The Hall–Kier alpha value is -1.81. The van der Waals surface area contributed by atoms with E-state index in [2.05, 4.69) is 17.4 Å². The number of rotatable bonds is 2. The molecule has 20 heavy (non-hydrogen) atoms. The maximum atomic E-state index is 12.1. The van der Waals surface area contributed by atoms with E-state index in [-0.39, 0.29) is 5.91 Å². The number of anilines is 1. The molecule has 104 valence electrons. The molecule has 0 spiro atoms. The van der Waals surface area contributed by atoms with Crippen LogP contribution in [0.3, 0.4) is 0 Å². The van der Waals surface area contributed by atoms with Crippen molar-refractivity contribution in [1.82, 2.24) is 5.16 Å². The molecule has 3 rings (SSSR count). The SMILES string of the molecule is C[C@H]1CCc2noc(NC(=O)c3ccc(Cl)cc3)c2C1. The molecule has 1 aliphatic rings. The minimum Gasteiger partial charge on any atom is -0.338 e.